The number of aromatic nitrogens is 3. The number of hydrogen-bond acceptors (Lipinski definition) is 6. The van der Waals surface area contributed by atoms with Gasteiger partial charge in [-0.2, -0.15) is 0 Å². The first kappa shape index (κ1) is 17.0. The van der Waals surface area contributed by atoms with Crippen molar-refractivity contribution in [1.29, 1.82) is 0 Å². The molecule has 2 aromatic heterocycles. The summed E-state index contributed by atoms with van der Waals surface area (Å²) in [5.74, 6) is -0.534. The standard InChI is InChI=1S/C15H17N3O4S/c1-4-22-14(21)12-8(2)13(17-9(12)3)10(19)7-23-15-16-6-5-11(20)18-15/h5-6,17H,4,7H2,1-3H3,(H,16,18,20). The molecule has 2 aromatic rings. The van der Waals surface area contributed by atoms with Crippen LogP contribution in [0.2, 0.25) is 0 Å². The highest BCUT2D eigenvalue weighted by molar-refractivity contribution is 7.99. The fourth-order valence-electron chi connectivity index (χ4n) is 2.17. The van der Waals surface area contributed by atoms with Crippen molar-refractivity contribution >= 4 is 23.5 Å². The van der Waals surface area contributed by atoms with Crippen molar-refractivity contribution in [2.24, 2.45) is 0 Å². The van der Waals surface area contributed by atoms with Crippen LogP contribution in [-0.4, -0.2) is 39.1 Å². The minimum atomic E-state index is -0.445. The van der Waals surface area contributed by atoms with Gasteiger partial charge in [-0.25, -0.2) is 9.78 Å². The molecule has 2 rings (SSSR count). The van der Waals surface area contributed by atoms with Crippen LogP contribution < -0.4 is 5.56 Å². The lowest BCUT2D eigenvalue weighted by molar-refractivity contribution is 0.0525. The van der Waals surface area contributed by atoms with Gasteiger partial charge >= 0.3 is 5.97 Å². The van der Waals surface area contributed by atoms with Gasteiger partial charge in [0.05, 0.1) is 23.6 Å². The molecule has 0 saturated heterocycles. The van der Waals surface area contributed by atoms with Gasteiger partial charge in [-0.3, -0.25) is 9.59 Å². The molecule has 0 aliphatic rings. The number of nitrogens with zero attached hydrogens (tertiary/aromatic N) is 1. The number of hydrogen-bond donors (Lipinski definition) is 2. The van der Waals surface area contributed by atoms with Gasteiger partial charge in [0.15, 0.2) is 10.9 Å². The lowest BCUT2D eigenvalue weighted by Gasteiger charge is -2.03. The number of aryl methyl sites for hydroxylation is 1. The van der Waals surface area contributed by atoms with Gasteiger partial charge in [0.25, 0.3) is 5.56 Å². The van der Waals surface area contributed by atoms with Crippen LogP contribution in [0.1, 0.15) is 39.0 Å². The molecule has 2 heterocycles. The second-order valence-corrected chi connectivity index (χ2v) is 5.76. The second kappa shape index (κ2) is 7.28. The van der Waals surface area contributed by atoms with Crippen molar-refractivity contribution in [2.75, 3.05) is 12.4 Å². The van der Waals surface area contributed by atoms with Gasteiger partial charge in [-0.05, 0) is 26.3 Å². The molecular formula is C15H17N3O4S. The van der Waals surface area contributed by atoms with Crippen molar-refractivity contribution in [3.05, 3.63) is 45.1 Å². The third kappa shape index (κ3) is 3.89. The van der Waals surface area contributed by atoms with E-state index in [1.165, 1.54) is 12.3 Å². The number of thioether (sulfide) groups is 1. The Morgan fingerprint density at radius 3 is 2.70 bits per heavy atom. The molecule has 0 spiro atoms. The fraction of sp³-hybridized carbons (Fsp3) is 0.333. The smallest absolute Gasteiger partial charge is 0.340 e. The van der Waals surface area contributed by atoms with E-state index in [4.69, 9.17) is 4.74 Å². The molecule has 0 fully saturated rings. The van der Waals surface area contributed by atoms with Gasteiger partial charge < -0.3 is 14.7 Å². The number of carbonyl (C=O) groups is 2. The Bertz CT molecular complexity index is 794. The molecule has 0 atom stereocenters. The Kier molecular flexibility index (Phi) is 5.38. The molecule has 0 aliphatic heterocycles. The van der Waals surface area contributed by atoms with Gasteiger partial charge in [-0.15, -0.1) is 0 Å². The highest BCUT2D eigenvalue weighted by Gasteiger charge is 2.22. The molecule has 0 radical (unpaired) electrons. The van der Waals surface area contributed by atoms with E-state index in [0.29, 0.717) is 27.7 Å². The van der Waals surface area contributed by atoms with Crippen molar-refractivity contribution < 1.29 is 14.3 Å². The molecule has 8 heteroatoms. The Labute approximate surface area is 136 Å². The Morgan fingerprint density at radius 2 is 2.04 bits per heavy atom. The average Bonchev–Trinajstić information content (AvgIpc) is 2.80. The zero-order valence-electron chi connectivity index (χ0n) is 13.1. The third-order valence-electron chi connectivity index (χ3n) is 3.18. The SMILES string of the molecule is CCOC(=O)c1c(C)[nH]c(C(=O)CSc2nccc(=O)[nH]2)c1C. The van der Waals surface area contributed by atoms with Crippen LogP contribution in [0.5, 0.6) is 0 Å². The molecule has 0 aromatic carbocycles. The molecule has 7 nitrogen and oxygen atoms in total. The van der Waals surface area contributed by atoms with Gasteiger partial charge in [-0.1, -0.05) is 11.8 Å². The van der Waals surface area contributed by atoms with Crippen molar-refractivity contribution in [3.63, 3.8) is 0 Å². The van der Waals surface area contributed by atoms with E-state index < -0.39 is 5.97 Å². The third-order valence-corrected chi connectivity index (χ3v) is 4.07. The van der Waals surface area contributed by atoms with E-state index >= 15 is 0 Å². The first-order valence-corrected chi connectivity index (χ1v) is 8.00. The molecule has 2 N–H and O–H groups in total. The normalized spacial score (nSPS) is 10.6. The summed E-state index contributed by atoms with van der Waals surface area (Å²) in [6.45, 7) is 5.43. The maximum absolute atomic E-state index is 12.3. The van der Waals surface area contributed by atoms with Gasteiger partial charge in [0.2, 0.25) is 0 Å². The van der Waals surface area contributed by atoms with Crippen LogP contribution in [-0.2, 0) is 4.74 Å². The zero-order chi connectivity index (χ0) is 17.0. The number of H-pyrrole nitrogens is 2. The highest BCUT2D eigenvalue weighted by Crippen LogP contribution is 2.21. The number of ether oxygens (including phenoxy) is 1. The van der Waals surface area contributed by atoms with E-state index in [0.717, 1.165) is 11.8 Å². The lowest BCUT2D eigenvalue weighted by atomic mass is 10.1. The first-order valence-electron chi connectivity index (χ1n) is 7.01. The number of rotatable bonds is 6. The van der Waals surface area contributed by atoms with Crippen LogP contribution in [0.15, 0.2) is 22.2 Å². The summed E-state index contributed by atoms with van der Waals surface area (Å²) in [5.41, 5.74) is 1.66. The monoisotopic (exact) mass is 335 g/mol. The van der Waals surface area contributed by atoms with Crippen molar-refractivity contribution in [2.45, 2.75) is 25.9 Å². The number of esters is 1. The minimum absolute atomic E-state index is 0.0933. The summed E-state index contributed by atoms with van der Waals surface area (Å²) >= 11 is 1.13. The van der Waals surface area contributed by atoms with Crippen LogP contribution in [0.25, 0.3) is 0 Å². The molecule has 0 amide bonds. The summed E-state index contributed by atoms with van der Waals surface area (Å²) in [4.78, 5) is 44.9. The topological polar surface area (TPSA) is 105 Å². The quantitative estimate of drug-likeness (QED) is 0.361. The maximum atomic E-state index is 12.3. The number of Topliss-reactive ketones (excluding diaryl/α,β-unsaturated/α-hetero) is 1. The molecular weight excluding hydrogens is 318 g/mol. The lowest BCUT2D eigenvalue weighted by Crippen LogP contribution is -2.10. The Hall–Kier alpha value is -2.35. The second-order valence-electron chi connectivity index (χ2n) is 4.80. The number of ketones is 1. The summed E-state index contributed by atoms with van der Waals surface area (Å²) in [6.07, 6.45) is 1.38. The van der Waals surface area contributed by atoms with Crippen LogP contribution in [0, 0.1) is 13.8 Å². The van der Waals surface area contributed by atoms with E-state index in [1.54, 1.807) is 20.8 Å². The Balaban J connectivity index is 2.15. The Morgan fingerprint density at radius 1 is 1.30 bits per heavy atom. The minimum Gasteiger partial charge on any atom is -0.462 e. The summed E-state index contributed by atoms with van der Waals surface area (Å²) < 4.78 is 5.00. The van der Waals surface area contributed by atoms with Crippen LogP contribution in [0.4, 0.5) is 0 Å². The molecule has 23 heavy (non-hydrogen) atoms. The number of aromatic amines is 2. The van der Waals surface area contributed by atoms with Crippen LogP contribution in [0.3, 0.4) is 0 Å². The number of carbonyl (C=O) groups excluding carboxylic acids is 2. The molecule has 122 valence electrons. The molecule has 0 bridgehead atoms. The van der Waals surface area contributed by atoms with Gasteiger partial charge in [0.1, 0.15) is 0 Å². The molecule has 0 saturated carbocycles. The van der Waals surface area contributed by atoms with Gasteiger partial charge in [0, 0.05) is 18.0 Å². The summed E-state index contributed by atoms with van der Waals surface area (Å²) in [5, 5.41) is 0.373. The van der Waals surface area contributed by atoms with Crippen LogP contribution >= 0.6 is 11.8 Å². The van der Waals surface area contributed by atoms with E-state index in [1.807, 2.05) is 0 Å². The maximum Gasteiger partial charge on any atom is 0.340 e. The van der Waals surface area contributed by atoms with E-state index in [-0.39, 0.29) is 23.7 Å². The molecule has 0 unspecified atom stereocenters. The first-order chi connectivity index (χ1) is 10.9. The van der Waals surface area contributed by atoms with Crippen molar-refractivity contribution in [3.8, 4) is 0 Å². The predicted molar refractivity (Wildman–Crippen MR) is 86.1 cm³/mol. The largest absolute Gasteiger partial charge is 0.462 e. The average molecular weight is 335 g/mol. The van der Waals surface area contributed by atoms with E-state index in [9.17, 15) is 14.4 Å². The summed E-state index contributed by atoms with van der Waals surface area (Å²) in [7, 11) is 0. The fourth-order valence-corrected chi connectivity index (χ4v) is 2.89. The predicted octanol–water partition coefficient (Wildman–Crippen LogP) is 1.87. The summed E-state index contributed by atoms with van der Waals surface area (Å²) in [6, 6.07) is 1.30. The van der Waals surface area contributed by atoms with Crippen molar-refractivity contribution in [1.82, 2.24) is 15.0 Å². The zero-order valence-corrected chi connectivity index (χ0v) is 13.9. The molecule has 0 aliphatic carbocycles. The van der Waals surface area contributed by atoms with E-state index in [2.05, 4.69) is 15.0 Å². The highest BCUT2D eigenvalue weighted by atomic mass is 32.2. The number of nitrogens with one attached hydrogen (secondary N) is 2.